The molecule has 3 rings (SSSR count). The van der Waals surface area contributed by atoms with Gasteiger partial charge in [0, 0.05) is 7.05 Å². The Balaban J connectivity index is 2.21. The SMILES string of the molecule is Cn1nc(Cl)c(-c2c(F)cccc2F)c1C(O)c1ccc(F)cc1. The summed E-state index contributed by atoms with van der Waals surface area (Å²) in [6, 6.07) is 8.53. The molecule has 0 aliphatic carbocycles. The molecule has 3 aromatic rings. The zero-order chi connectivity index (χ0) is 17.4. The third-order valence-electron chi connectivity index (χ3n) is 3.71. The highest BCUT2D eigenvalue weighted by molar-refractivity contribution is 6.32. The number of hydrogen-bond acceptors (Lipinski definition) is 2. The van der Waals surface area contributed by atoms with E-state index in [0.717, 1.165) is 12.1 Å². The number of rotatable bonds is 3. The second-order valence-corrected chi connectivity index (χ2v) is 5.58. The van der Waals surface area contributed by atoms with Crippen LogP contribution in [0.4, 0.5) is 13.2 Å². The molecule has 0 saturated carbocycles. The molecule has 7 heteroatoms. The van der Waals surface area contributed by atoms with Crippen LogP contribution >= 0.6 is 11.6 Å². The molecule has 0 fully saturated rings. The molecule has 1 atom stereocenters. The van der Waals surface area contributed by atoms with Gasteiger partial charge in [0.05, 0.1) is 16.8 Å². The summed E-state index contributed by atoms with van der Waals surface area (Å²) in [4.78, 5) is 0. The lowest BCUT2D eigenvalue weighted by atomic mass is 9.98. The first kappa shape index (κ1) is 16.5. The zero-order valence-electron chi connectivity index (χ0n) is 12.5. The van der Waals surface area contributed by atoms with E-state index < -0.39 is 23.6 Å². The summed E-state index contributed by atoms with van der Waals surface area (Å²) in [6.45, 7) is 0. The van der Waals surface area contributed by atoms with Crippen LogP contribution < -0.4 is 0 Å². The van der Waals surface area contributed by atoms with E-state index in [-0.39, 0.29) is 22.0 Å². The van der Waals surface area contributed by atoms with Crippen LogP contribution in [0.3, 0.4) is 0 Å². The Morgan fingerprint density at radius 2 is 1.58 bits per heavy atom. The van der Waals surface area contributed by atoms with E-state index in [4.69, 9.17) is 11.6 Å². The molecule has 1 aromatic heterocycles. The zero-order valence-corrected chi connectivity index (χ0v) is 13.2. The van der Waals surface area contributed by atoms with Crippen molar-refractivity contribution in [3.05, 3.63) is 76.3 Å². The average molecular weight is 353 g/mol. The van der Waals surface area contributed by atoms with E-state index in [0.29, 0.717) is 5.56 Å². The van der Waals surface area contributed by atoms with Gasteiger partial charge in [-0.15, -0.1) is 0 Å². The van der Waals surface area contributed by atoms with Crippen molar-refractivity contribution < 1.29 is 18.3 Å². The van der Waals surface area contributed by atoms with Crippen LogP contribution in [-0.4, -0.2) is 14.9 Å². The molecule has 0 aliphatic rings. The smallest absolute Gasteiger partial charge is 0.159 e. The third-order valence-corrected chi connectivity index (χ3v) is 3.97. The predicted octanol–water partition coefficient (Wildman–Crippen LogP) is 4.24. The lowest BCUT2D eigenvalue weighted by Gasteiger charge is -2.15. The summed E-state index contributed by atoms with van der Waals surface area (Å²) in [6.07, 6.45) is -1.29. The minimum atomic E-state index is -1.29. The molecular formula is C17H12ClF3N2O. The molecule has 1 heterocycles. The van der Waals surface area contributed by atoms with Crippen molar-refractivity contribution in [3.8, 4) is 11.1 Å². The van der Waals surface area contributed by atoms with Crippen LogP contribution in [0.2, 0.25) is 5.15 Å². The van der Waals surface area contributed by atoms with Gasteiger partial charge in [0.15, 0.2) is 5.15 Å². The van der Waals surface area contributed by atoms with Crippen molar-refractivity contribution in [2.24, 2.45) is 7.05 Å². The van der Waals surface area contributed by atoms with Crippen molar-refractivity contribution in [2.75, 3.05) is 0 Å². The summed E-state index contributed by atoms with van der Waals surface area (Å²) in [5.41, 5.74) is 0.0445. The Bertz CT molecular complexity index is 873. The Morgan fingerprint density at radius 3 is 2.17 bits per heavy atom. The first-order valence-electron chi connectivity index (χ1n) is 7.00. The summed E-state index contributed by atoms with van der Waals surface area (Å²) < 4.78 is 42.6. The molecule has 24 heavy (non-hydrogen) atoms. The molecule has 0 spiro atoms. The first-order valence-corrected chi connectivity index (χ1v) is 7.38. The topological polar surface area (TPSA) is 38.0 Å². The fourth-order valence-electron chi connectivity index (χ4n) is 2.59. The highest BCUT2D eigenvalue weighted by atomic mass is 35.5. The molecule has 1 N–H and O–H groups in total. The van der Waals surface area contributed by atoms with Crippen molar-refractivity contribution in [1.82, 2.24) is 9.78 Å². The molecular weight excluding hydrogens is 341 g/mol. The maximum absolute atomic E-state index is 14.2. The van der Waals surface area contributed by atoms with Gasteiger partial charge in [0.1, 0.15) is 23.6 Å². The second-order valence-electron chi connectivity index (χ2n) is 5.23. The minimum absolute atomic E-state index is 0.0356. The summed E-state index contributed by atoms with van der Waals surface area (Å²) in [5.74, 6) is -2.11. The number of aliphatic hydroxyl groups is 1. The van der Waals surface area contributed by atoms with Gasteiger partial charge < -0.3 is 5.11 Å². The van der Waals surface area contributed by atoms with Crippen LogP contribution in [0.1, 0.15) is 17.4 Å². The van der Waals surface area contributed by atoms with Crippen molar-refractivity contribution in [3.63, 3.8) is 0 Å². The lowest BCUT2D eigenvalue weighted by molar-refractivity contribution is 0.210. The summed E-state index contributed by atoms with van der Waals surface area (Å²) in [5, 5.41) is 14.4. The van der Waals surface area contributed by atoms with E-state index in [1.54, 1.807) is 0 Å². The molecule has 0 bridgehead atoms. The van der Waals surface area contributed by atoms with Gasteiger partial charge in [-0.3, -0.25) is 4.68 Å². The van der Waals surface area contributed by atoms with Crippen LogP contribution in [0, 0.1) is 17.5 Å². The van der Waals surface area contributed by atoms with E-state index in [1.165, 1.54) is 42.1 Å². The van der Waals surface area contributed by atoms with Gasteiger partial charge in [-0.25, -0.2) is 13.2 Å². The molecule has 1 unspecified atom stereocenters. The third kappa shape index (κ3) is 2.79. The Morgan fingerprint density at radius 1 is 1.00 bits per heavy atom. The monoisotopic (exact) mass is 352 g/mol. The van der Waals surface area contributed by atoms with E-state index in [1.807, 2.05) is 0 Å². The molecule has 0 amide bonds. The second kappa shape index (κ2) is 6.30. The Hall–Kier alpha value is -2.31. The highest BCUT2D eigenvalue weighted by Gasteiger charge is 2.27. The Kier molecular flexibility index (Phi) is 4.34. The van der Waals surface area contributed by atoms with Crippen LogP contribution in [0.15, 0.2) is 42.5 Å². The van der Waals surface area contributed by atoms with Gasteiger partial charge in [0.2, 0.25) is 0 Å². The average Bonchev–Trinajstić information content (AvgIpc) is 2.82. The number of benzene rings is 2. The van der Waals surface area contributed by atoms with Crippen LogP contribution in [0.25, 0.3) is 11.1 Å². The van der Waals surface area contributed by atoms with Crippen LogP contribution in [0.5, 0.6) is 0 Å². The highest BCUT2D eigenvalue weighted by Crippen LogP contribution is 2.39. The maximum atomic E-state index is 14.2. The number of halogens is 4. The summed E-state index contributed by atoms with van der Waals surface area (Å²) >= 11 is 6.05. The van der Waals surface area contributed by atoms with Gasteiger partial charge in [-0.05, 0) is 29.8 Å². The standard InChI is InChI=1S/C17H12ClF3N2O/c1-23-15(16(24)9-5-7-10(19)8-6-9)14(17(18)22-23)13-11(20)3-2-4-12(13)21/h2-8,16,24H,1H3. The number of aryl methyl sites for hydroxylation is 1. The largest absolute Gasteiger partial charge is 0.382 e. The molecule has 0 aliphatic heterocycles. The minimum Gasteiger partial charge on any atom is -0.382 e. The van der Waals surface area contributed by atoms with Crippen molar-refractivity contribution in [2.45, 2.75) is 6.10 Å². The first-order chi connectivity index (χ1) is 11.4. The quantitative estimate of drug-likeness (QED) is 0.765. The number of aromatic nitrogens is 2. The maximum Gasteiger partial charge on any atom is 0.159 e. The van der Waals surface area contributed by atoms with Gasteiger partial charge >= 0.3 is 0 Å². The number of hydrogen-bond donors (Lipinski definition) is 1. The predicted molar refractivity (Wildman–Crippen MR) is 84.0 cm³/mol. The molecule has 3 nitrogen and oxygen atoms in total. The molecule has 124 valence electrons. The van der Waals surface area contributed by atoms with E-state index >= 15 is 0 Å². The van der Waals surface area contributed by atoms with Gasteiger partial charge in [-0.1, -0.05) is 29.8 Å². The fraction of sp³-hybridized carbons (Fsp3) is 0.118. The Labute approximate surface area is 140 Å². The molecule has 0 radical (unpaired) electrons. The number of aliphatic hydroxyl groups excluding tert-OH is 1. The lowest BCUT2D eigenvalue weighted by Crippen LogP contribution is -2.08. The van der Waals surface area contributed by atoms with E-state index in [2.05, 4.69) is 5.10 Å². The fourth-order valence-corrected chi connectivity index (χ4v) is 2.89. The molecule has 0 saturated heterocycles. The van der Waals surface area contributed by atoms with E-state index in [9.17, 15) is 18.3 Å². The van der Waals surface area contributed by atoms with Crippen molar-refractivity contribution in [1.29, 1.82) is 0 Å². The number of nitrogens with zero attached hydrogens (tertiary/aromatic N) is 2. The molecule has 2 aromatic carbocycles. The normalized spacial score (nSPS) is 12.4. The summed E-state index contributed by atoms with van der Waals surface area (Å²) in [7, 11) is 1.50. The van der Waals surface area contributed by atoms with Crippen LogP contribution in [-0.2, 0) is 7.05 Å². The van der Waals surface area contributed by atoms with Crippen molar-refractivity contribution >= 4 is 11.6 Å². The van der Waals surface area contributed by atoms with Gasteiger partial charge in [0.25, 0.3) is 0 Å². The van der Waals surface area contributed by atoms with Gasteiger partial charge in [-0.2, -0.15) is 5.10 Å².